The molecule has 0 spiro atoms. The normalized spacial score (nSPS) is 7.82. The zero-order chi connectivity index (χ0) is 8.69. The molecule has 0 saturated carbocycles. The Morgan fingerprint density at radius 3 is 1.45 bits per heavy atom. The minimum absolute atomic E-state index is 1.25. The van der Waals surface area contributed by atoms with Crippen LogP contribution in [0.5, 0.6) is 0 Å². The molecule has 0 atom stereocenters. The third kappa shape index (κ3) is 5.22. The van der Waals surface area contributed by atoms with E-state index in [4.69, 9.17) is 0 Å². The maximum atomic E-state index is 4.61. The summed E-state index contributed by atoms with van der Waals surface area (Å²) in [6.07, 6.45) is 1.25. The van der Waals surface area contributed by atoms with Crippen molar-refractivity contribution in [3.63, 3.8) is 0 Å². The fourth-order valence-corrected chi connectivity index (χ4v) is 0.637. The highest BCUT2D eigenvalue weighted by Gasteiger charge is 1.79. The number of benzene rings is 1. The molecule has 1 heteroatoms. The van der Waals surface area contributed by atoms with Crippen molar-refractivity contribution >= 4 is 0 Å². The highest BCUT2D eigenvalue weighted by atomic mass is 14.5. The van der Waals surface area contributed by atoms with Gasteiger partial charge in [0, 0.05) is 0 Å². The van der Waals surface area contributed by atoms with E-state index < -0.39 is 0 Å². The van der Waals surface area contributed by atoms with Crippen molar-refractivity contribution in [2.24, 2.45) is 5.73 Å². The molecule has 0 aliphatic carbocycles. The number of hydrogen-bond acceptors (Lipinski definition) is 1. The third-order valence-electron chi connectivity index (χ3n) is 1.22. The molecule has 0 heterocycles. The van der Waals surface area contributed by atoms with Gasteiger partial charge >= 0.3 is 0 Å². The maximum absolute atomic E-state index is 4.61. The summed E-state index contributed by atoms with van der Waals surface area (Å²) < 4.78 is 0. The van der Waals surface area contributed by atoms with E-state index in [1.54, 1.807) is 0 Å². The molecule has 0 aliphatic rings. The lowest BCUT2D eigenvalue weighted by molar-refractivity contribution is 1.40. The molecule has 0 bridgehead atoms. The van der Waals surface area contributed by atoms with Crippen LogP contribution in [0.25, 0.3) is 0 Å². The van der Waals surface area contributed by atoms with Gasteiger partial charge in [-0.05, 0) is 20.0 Å². The topological polar surface area (TPSA) is 26.0 Å². The number of nitrogens with two attached hydrogens (primary N) is 1. The highest BCUT2D eigenvalue weighted by Crippen LogP contribution is 1.99. The summed E-state index contributed by atoms with van der Waals surface area (Å²) >= 11 is 0. The fourth-order valence-electron chi connectivity index (χ4n) is 0.637. The molecule has 2 N–H and O–H groups in total. The Morgan fingerprint density at radius 1 is 1.09 bits per heavy atom. The van der Waals surface area contributed by atoms with Crippen LogP contribution in [0.1, 0.15) is 11.1 Å². The maximum Gasteiger partial charge on any atom is -0.0136 e. The third-order valence-corrected chi connectivity index (χ3v) is 1.22. The van der Waals surface area contributed by atoms with Crippen molar-refractivity contribution < 1.29 is 0 Å². The SMILES string of the molecule is C=CN.Cc1ccc(C)cc1. The van der Waals surface area contributed by atoms with Crippen LogP contribution in [0.4, 0.5) is 0 Å². The average molecular weight is 149 g/mol. The second-order valence-corrected chi connectivity index (χ2v) is 2.39. The van der Waals surface area contributed by atoms with Crippen molar-refractivity contribution in [3.8, 4) is 0 Å². The Morgan fingerprint density at radius 2 is 1.27 bits per heavy atom. The smallest absolute Gasteiger partial charge is 0.0136 e. The van der Waals surface area contributed by atoms with Crippen molar-refractivity contribution in [1.29, 1.82) is 0 Å². The minimum atomic E-state index is 1.25. The lowest BCUT2D eigenvalue weighted by atomic mass is 10.2. The van der Waals surface area contributed by atoms with Crippen LogP contribution < -0.4 is 5.73 Å². The Bertz CT molecular complexity index is 178. The van der Waals surface area contributed by atoms with E-state index in [-0.39, 0.29) is 0 Å². The molecule has 0 fully saturated rings. The minimum Gasteiger partial charge on any atom is -0.405 e. The largest absolute Gasteiger partial charge is 0.405 e. The Labute approximate surface area is 68.5 Å². The van der Waals surface area contributed by atoms with E-state index in [0.29, 0.717) is 0 Å². The molecule has 60 valence electrons. The summed E-state index contributed by atoms with van der Waals surface area (Å²) in [6.45, 7) is 7.33. The van der Waals surface area contributed by atoms with Crippen LogP contribution in [-0.4, -0.2) is 0 Å². The van der Waals surface area contributed by atoms with Crippen LogP contribution in [0.3, 0.4) is 0 Å². The molecule has 1 aromatic rings. The molecule has 0 unspecified atom stereocenters. The molecule has 1 rings (SSSR count). The monoisotopic (exact) mass is 149 g/mol. The first-order chi connectivity index (χ1) is 5.20. The summed E-state index contributed by atoms with van der Waals surface area (Å²) in [5.41, 5.74) is 7.27. The van der Waals surface area contributed by atoms with Gasteiger partial charge in [0.05, 0.1) is 0 Å². The van der Waals surface area contributed by atoms with E-state index in [9.17, 15) is 0 Å². The Balaban J connectivity index is 0.000000292. The van der Waals surface area contributed by atoms with Crippen LogP contribution in [0.15, 0.2) is 37.0 Å². The molecule has 11 heavy (non-hydrogen) atoms. The van der Waals surface area contributed by atoms with Crippen molar-refractivity contribution in [2.45, 2.75) is 13.8 Å². The van der Waals surface area contributed by atoms with Gasteiger partial charge in [0.15, 0.2) is 0 Å². The predicted octanol–water partition coefficient (Wildman–Crippen LogP) is 2.39. The molecular formula is C10H15N. The van der Waals surface area contributed by atoms with Crippen molar-refractivity contribution in [2.75, 3.05) is 0 Å². The Hall–Kier alpha value is -1.24. The first-order valence-electron chi connectivity index (χ1n) is 3.56. The van der Waals surface area contributed by atoms with E-state index in [2.05, 4.69) is 50.4 Å². The molecule has 1 aromatic carbocycles. The van der Waals surface area contributed by atoms with Gasteiger partial charge in [-0.2, -0.15) is 0 Å². The lowest BCUT2D eigenvalue weighted by Crippen LogP contribution is -1.70. The molecule has 0 amide bonds. The van der Waals surface area contributed by atoms with Crippen LogP contribution in [-0.2, 0) is 0 Å². The Kier molecular flexibility index (Phi) is 4.91. The van der Waals surface area contributed by atoms with E-state index >= 15 is 0 Å². The first kappa shape index (κ1) is 9.76. The average Bonchev–Trinajstić information content (AvgIpc) is 1.97. The number of aryl methyl sites for hydroxylation is 2. The van der Waals surface area contributed by atoms with Gasteiger partial charge < -0.3 is 5.73 Å². The summed E-state index contributed by atoms with van der Waals surface area (Å²) in [4.78, 5) is 0. The molecule has 0 aliphatic heterocycles. The summed E-state index contributed by atoms with van der Waals surface area (Å²) in [6, 6.07) is 8.48. The number of hydrogen-bond donors (Lipinski definition) is 1. The van der Waals surface area contributed by atoms with Crippen LogP contribution in [0, 0.1) is 13.8 Å². The molecule has 0 aromatic heterocycles. The second kappa shape index (κ2) is 5.54. The van der Waals surface area contributed by atoms with E-state index in [1.807, 2.05) is 0 Å². The fraction of sp³-hybridized carbons (Fsp3) is 0.200. The number of rotatable bonds is 0. The molecule has 0 saturated heterocycles. The predicted molar refractivity (Wildman–Crippen MR) is 50.3 cm³/mol. The molecule has 0 radical (unpaired) electrons. The zero-order valence-electron chi connectivity index (χ0n) is 7.17. The van der Waals surface area contributed by atoms with Crippen molar-refractivity contribution in [3.05, 3.63) is 48.2 Å². The van der Waals surface area contributed by atoms with Gasteiger partial charge in [0.1, 0.15) is 0 Å². The molecular weight excluding hydrogens is 134 g/mol. The van der Waals surface area contributed by atoms with Crippen LogP contribution in [0.2, 0.25) is 0 Å². The summed E-state index contributed by atoms with van der Waals surface area (Å²) in [7, 11) is 0. The van der Waals surface area contributed by atoms with E-state index in [1.165, 1.54) is 17.3 Å². The van der Waals surface area contributed by atoms with Crippen LogP contribution >= 0.6 is 0 Å². The highest BCUT2D eigenvalue weighted by molar-refractivity contribution is 5.19. The quantitative estimate of drug-likeness (QED) is 0.602. The first-order valence-corrected chi connectivity index (χ1v) is 3.56. The van der Waals surface area contributed by atoms with Gasteiger partial charge in [0.25, 0.3) is 0 Å². The molecule has 1 nitrogen and oxygen atoms in total. The van der Waals surface area contributed by atoms with Gasteiger partial charge in [0.2, 0.25) is 0 Å². The van der Waals surface area contributed by atoms with Gasteiger partial charge in [-0.15, -0.1) is 0 Å². The van der Waals surface area contributed by atoms with Gasteiger partial charge in [-0.3, -0.25) is 0 Å². The van der Waals surface area contributed by atoms with Crippen molar-refractivity contribution in [1.82, 2.24) is 0 Å². The summed E-state index contributed by atoms with van der Waals surface area (Å²) in [5.74, 6) is 0. The lowest BCUT2D eigenvalue weighted by Gasteiger charge is -1.90. The van der Waals surface area contributed by atoms with Gasteiger partial charge in [-0.25, -0.2) is 0 Å². The van der Waals surface area contributed by atoms with E-state index in [0.717, 1.165) is 0 Å². The standard InChI is InChI=1S/C8H10.C2H5N/c1-7-3-5-8(2)6-4-7;1-2-3/h3-6H,1-2H3;2H,1,3H2. The summed E-state index contributed by atoms with van der Waals surface area (Å²) in [5, 5.41) is 0. The van der Waals surface area contributed by atoms with Gasteiger partial charge in [-0.1, -0.05) is 42.0 Å². The second-order valence-electron chi connectivity index (χ2n) is 2.39. The zero-order valence-corrected chi connectivity index (χ0v) is 7.17.